The molecule has 2 aromatic heterocycles. The molecule has 2 heterocycles. The number of aliphatic carboxylic acids is 1. The number of nitrogens with zero attached hydrogens (tertiary/aromatic N) is 5. The number of amides is 1. The van der Waals surface area contributed by atoms with Crippen LogP contribution in [0.3, 0.4) is 0 Å². The molecule has 22 heavy (non-hydrogen) atoms. The number of hydrogen-bond donors (Lipinski definition) is 1. The van der Waals surface area contributed by atoms with Gasteiger partial charge in [0.25, 0.3) is 11.7 Å². The summed E-state index contributed by atoms with van der Waals surface area (Å²) in [6, 6.07) is 1.83. The van der Waals surface area contributed by atoms with Gasteiger partial charge in [-0.2, -0.15) is 4.98 Å². The van der Waals surface area contributed by atoms with E-state index in [1.807, 2.05) is 33.8 Å². The summed E-state index contributed by atoms with van der Waals surface area (Å²) in [5.74, 6) is -1.13. The fourth-order valence-electron chi connectivity index (χ4n) is 2.22. The highest BCUT2D eigenvalue weighted by Crippen LogP contribution is 2.09. The fraction of sp³-hybridized carbons (Fsp3) is 0.500. The van der Waals surface area contributed by atoms with Crippen LogP contribution in [-0.4, -0.2) is 54.6 Å². The van der Waals surface area contributed by atoms with Gasteiger partial charge in [-0.1, -0.05) is 13.8 Å². The van der Waals surface area contributed by atoms with Gasteiger partial charge < -0.3 is 10.0 Å². The molecule has 118 valence electrons. The normalized spacial score (nSPS) is 11.1. The van der Waals surface area contributed by atoms with Crippen LogP contribution in [0, 0.1) is 19.8 Å². The maximum absolute atomic E-state index is 12.5. The molecule has 8 heteroatoms. The number of carbonyl (C=O) groups excluding carboxylic acids is 1. The van der Waals surface area contributed by atoms with Crippen molar-refractivity contribution in [3.63, 3.8) is 0 Å². The van der Waals surface area contributed by atoms with Crippen LogP contribution in [0.25, 0.3) is 5.78 Å². The third-order valence-corrected chi connectivity index (χ3v) is 3.01. The molecule has 0 saturated carbocycles. The van der Waals surface area contributed by atoms with Crippen LogP contribution in [-0.2, 0) is 4.79 Å². The third kappa shape index (κ3) is 3.38. The summed E-state index contributed by atoms with van der Waals surface area (Å²) in [5.41, 5.74) is 1.59. The highest BCUT2D eigenvalue weighted by Gasteiger charge is 2.24. The molecule has 8 nitrogen and oxygen atoms in total. The van der Waals surface area contributed by atoms with Crippen molar-refractivity contribution in [1.29, 1.82) is 0 Å². The van der Waals surface area contributed by atoms with Crippen LogP contribution < -0.4 is 0 Å². The number of carboxylic acid groups (broad SMARTS) is 1. The molecule has 0 aliphatic heterocycles. The Bertz CT molecular complexity index is 723. The molecule has 2 rings (SSSR count). The van der Waals surface area contributed by atoms with Gasteiger partial charge in [0.1, 0.15) is 6.54 Å². The van der Waals surface area contributed by atoms with Crippen LogP contribution in [0.1, 0.15) is 35.9 Å². The molecule has 0 spiro atoms. The predicted molar refractivity (Wildman–Crippen MR) is 78.6 cm³/mol. The molecule has 0 saturated heterocycles. The predicted octanol–water partition coefficient (Wildman–Crippen LogP) is 0.924. The van der Waals surface area contributed by atoms with Crippen molar-refractivity contribution in [3.05, 3.63) is 23.3 Å². The van der Waals surface area contributed by atoms with E-state index in [4.69, 9.17) is 5.11 Å². The van der Waals surface area contributed by atoms with E-state index in [1.54, 1.807) is 0 Å². The van der Waals surface area contributed by atoms with Crippen LogP contribution in [0.5, 0.6) is 0 Å². The van der Waals surface area contributed by atoms with Crippen molar-refractivity contribution in [3.8, 4) is 0 Å². The monoisotopic (exact) mass is 305 g/mol. The summed E-state index contributed by atoms with van der Waals surface area (Å²) in [6.07, 6.45) is 0. The molecule has 0 atom stereocenters. The third-order valence-electron chi connectivity index (χ3n) is 3.01. The van der Waals surface area contributed by atoms with E-state index in [0.717, 1.165) is 11.4 Å². The molecule has 0 fully saturated rings. The maximum atomic E-state index is 12.5. The largest absolute Gasteiger partial charge is 0.480 e. The first-order valence-corrected chi connectivity index (χ1v) is 7.00. The van der Waals surface area contributed by atoms with E-state index in [9.17, 15) is 9.59 Å². The molecule has 1 amide bonds. The van der Waals surface area contributed by atoms with Crippen LogP contribution in [0.4, 0.5) is 0 Å². The summed E-state index contributed by atoms with van der Waals surface area (Å²) in [7, 11) is 0. The van der Waals surface area contributed by atoms with Crippen LogP contribution in [0.2, 0.25) is 0 Å². The molecule has 0 aliphatic carbocycles. The van der Waals surface area contributed by atoms with Crippen LogP contribution >= 0.6 is 0 Å². The number of hydrogen-bond acceptors (Lipinski definition) is 5. The minimum atomic E-state index is -1.07. The average molecular weight is 305 g/mol. The van der Waals surface area contributed by atoms with E-state index < -0.39 is 11.9 Å². The summed E-state index contributed by atoms with van der Waals surface area (Å²) in [6.45, 7) is 7.44. The summed E-state index contributed by atoms with van der Waals surface area (Å²) in [5, 5.41) is 13.1. The number of rotatable bonds is 5. The Kier molecular flexibility index (Phi) is 4.39. The molecule has 1 N–H and O–H groups in total. The zero-order valence-corrected chi connectivity index (χ0v) is 13.1. The highest BCUT2D eigenvalue weighted by molar-refractivity contribution is 5.92. The van der Waals surface area contributed by atoms with Gasteiger partial charge in [0.15, 0.2) is 0 Å². The van der Waals surface area contributed by atoms with E-state index in [1.165, 1.54) is 9.42 Å². The van der Waals surface area contributed by atoms with E-state index >= 15 is 0 Å². The summed E-state index contributed by atoms with van der Waals surface area (Å²) >= 11 is 0. The van der Waals surface area contributed by atoms with Crippen molar-refractivity contribution >= 4 is 17.7 Å². The Morgan fingerprint density at radius 3 is 2.59 bits per heavy atom. The zero-order chi connectivity index (χ0) is 16.4. The average Bonchev–Trinajstić information content (AvgIpc) is 2.80. The topological polar surface area (TPSA) is 101 Å². The molecule has 0 aromatic carbocycles. The molecule has 0 bridgehead atoms. The second kappa shape index (κ2) is 6.08. The van der Waals surface area contributed by atoms with Gasteiger partial charge in [-0.3, -0.25) is 9.59 Å². The summed E-state index contributed by atoms with van der Waals surface area (Å²) in [4.78, 5) is 33.0. The summed E-state index contributed by atoms with van der Waals surface area (Å²) < 4.78 is 1.48. The van der Waals surface area contributed by atoms with Gasteiger partial charge >= 0.3 is 5.97 Å². The molecule has 0 unspecified atom stereocenters. The molecule has 0 aliphatic rings. The molecular formula is C14H19N5O3. The second-order valence-corrected chi connectivity index (χ2v) is 5.66. The van der Waals surface area contributed by atoms with Crippen molar-refractivity contribution in [2.75, 3.05) is 13.1 Å². The Morgan fingerprint density at radius 2 is 2.00 bits per heavy atom. The smallest absolute Gasteiger partial charge is 0.323 e. The van der Waals surface area contributed by atoms with E-state index in [0.29, 0.717) is 12.3 Å². The van der Waals surface area contributed by atoms with Gasteiger partial charge in [0.2, 0.25) is 5.82 Å². The first kappa shape index (κ1) is 15.9. The number of carboxylic acids is 1. The minimum Gasteiger partial charge on any atom is -0.480 e. The number of fused-ring (bicyclic) bond motifs is 1. The molecule has 2 aromatic rings. The van der Waals surface area contributed by atoms with Gasteiger partial charge in [-0.15, -0.1) is 5.10 Å². The SMILES string of the molecule is Cc1cc(C)n2nc(C(=O)N(CC(=O)O)CC(C)C)nc2n1. The Balaban J connectivity index is 2.37. The van der Waals surface area contributed by atoms with Crippen molar-refractivity contribution in [1.82, 2.24) is 24.5 Å². The van der Waals surface area contributed by atoms with Crippen molar-refractivity contribution in [2.45, 2.75) is 27.7 Å². The minimum absolute atomic E-state index is 0.0388. The van der Waals surface area contributed by atoms with E-state index in [-0.39, 0.29) is 18.3 Å². The Morgan fingerprint density at radius 1 is 1.32 bits per heavy atom. The van der Waals surface area contributed by atoms with Gasteiger partial charge in [-0.05, 0) is 25.8 Å². The number of aromatic nitrogens is 4. The zero-order valence-electron chi connectivity index (χ0n) is 13.1. The van der Waals surface area contributed by atoms with Crippen LogP contribution in [0.15, 0.2) is 6.07 Å². The standard InChI is InChI=1S/C14H19N5O3/c1-8(2)6-18(7-11(20)21)13(22)12-16-14-15-9(3)5-10(4)19(14)17-12/h5,8H,6-7H2,1-4H3,(H,20,21). The lowest BCUT2D eigenvalue weighted by Gasteiger charge is -2.21. The van der Waals surface area contributed by atoms with E-state index in [2.05, 4.69) is 15.1 Å². The lowest BCUT2D eigenvalue weighted by Crippen LogP contribution is -2.38. The quantitative estimate of drug-likeness (QED) is 0.881. The van der Waals surface area contributed by atoms with Gasteiger partial charge in [-0.25, -0.2) is 9.50 Å². The van der Waals surface area contributed by atoms with Crippen molar-refractivity contribution < 1.29 is 14.7 Å². The Hall–Kier alpha value is -2.51. The number of carbonyl (C=O) groups is 2. The Labute approximate surface area is 127 Å². The first-order chi connectivity index (χ1) is 10.3. The second-order valence-electron chi connectivity index (χ2n) is 5.66. The lowest BCUT2D eigenvalue weighted by atomic mass is 10.2. The molecular weight excluding hydrogens is 286 g/mol. The highest BCUT2D eigenvalue weighted by atomic mass is 16.4. The lowest BCUT2D eigenvalue weighted by molar-refractivity contribution is -0.137. The fourth-order valence-corrected chi connectivity index (χ4v) is 2.22. The number of aryl methyl sites for hydroxylation is 2. The molecule has 0 radical (unpaired) electrons. The maximum Gasteiger partial charge on any atom is 0.323 e. The van der Waals surface area contributed by atoms with Crippen molar-refractivity contribution in [2.24, 2.45) is 5.92 Å². The first-order valence-electron chi connectivity index (χ1n) is 7.00. The van der Waals surface area contributed by atoms with Gasteiger partial charge in [0.05, 0.1) is 0 Å². The van der Waals surface area contributed by atoms with Gasteiger partial charge in [0, 0.05) is 17.9 Å².